The van der Waals surface area contributed by atoms with Crippen LogP contribution in [0, 0.1) is 144 Å². The van der Waals surface area contributed by atoms with Crippen molar-refractivity contribution in [2.45, 2.75) is 462 Å². The second-order valence-electron chi connectivity index (χ2n) is 48.6. The van der Waals surface area contributed by atoms with Crippen molar-refractivity contribution in [2.24, 2.45) is 144 Å². The van der Waals surface area contributed by atoms with Crippen LogP contribution in [0.4, 0.5) is 9.59 Å². The molecule has 14 aliphatic carbocycles. The normalized spacial score (nSPS) is 35.1. The number of allylic oxidation sites excluding steroid dienone is 3. The summed E-state index contributed by atoms with van der Waals surface area (Å²) in [6, 6.07) is -0.160. The molecule has 24 heteroatoms. The van der Waals surface area contributed by atoms with Crippen molar-refractivity contribution in [2.75, 3.05) is 19.7 Å². The third-order valence-corrected chi connectivity index (χ3v) is 39.2. The molecule has 0 saturated heterocycles. The van der Waals surface area contributed by atoms with Crippen molar-refractivity contribution in [3.05, 3.63) is 71.0 Å². The van der Waals surface area contributed by atoms with Crippen molar-refractivity contribution >= 4 is 41.5 Å². The molecule has 0 aliphatic heterocycles. The number of rotatable bonds is 37. The molecule has 11 fully saturated rings. The topological polar surface area (TPSA) is 427 Å². The van der Waals surface area contributed by atoms with Crippen molar-refractivity contribution in [1.82, 2.24) is 10.6 Å². The fourth-order valence-corrected chi connectivity index (χ4v) is 31.5. The molecule has 7 unspecified atom stereocenters. The zero-order valence-corrected chi connectivity index (χ0v) is 94.5. The summed E-state index contributed by atoms with van der Waals surface area (Å²) in [5.74, 6) is 14.0. The number of nitrogens with two attached hydrogens (primary N) is 4. The fraction of sp³-hybridized carbons (Fsp3) is 0.884. The zero-order valence-electron chi connectivity index (χ0n) is 87.7. The van der Waals surface area contributed by atoms with E-state index in [0.717, 1.165) is 177 Å². The largest absolute Gasteiger partial charge is 0.693 e. The average Bonchev–Trinajstić information content (AvgIpc) is 1.13. The summed E-state index contributed by atoms with van der Waals surface area (Å²) in [6.07, 6.45) is 59.0. The van der Waals surface area contributed by atoms with E-state index in [1.165, 1.54) is 191 Å². The van der Waals surface area contributed by atoms with E-state index >= 15 is 0 Å². The van der Waals surface area contributed by atoms with E-state index in [9.17, 15) is 43.8 Å². The molecule has 0 radical (unpaired) electrons. The van der Waals surface area contributed by atoms with E-state index < -0.39 is 29.6 Å². The maximum Gasteiger partial charge on any atom is 0.407 e. The minimum absolute atomic E-state index is 0. The van der Waals surface area contributed by atoms with E-state index in [-0.39, 0.29) is 153 Å². The van der Waals surface area contributed by atoms with Crippen molar-refractivity contribution in [3.8, 4) is 0 Å². The van der Waals surface area contributed by atoms with Gasteiger partial charge in [-0.25, -0.2) is 9.59 Å². The van der Waals surface area contributed by atoms with Crippen LogP contribution in [0.15, 0.2) is 34.9 Å². The molecule has 14 rings (SSSR count). The maximum absolute atomic E-state index is 12.6. The Hall–Kier alpha value is -2.55. The number of fused-ring (bicyclic) bond motifs is 15. The first kappa shape index (κ1) is 126. The van der Waals surface area contributed by atoms with E-state index in [0.29, 0.717) is 105 Å². The van der Waals surface area contributed by atoms with Gasteiger partial charge in [-0.2, -0.15) is 12.1 Å². The van der Waals surface area contributed by atoms with Gasteiger partial charge in [0.15, 0.2) is 5.41 Å². The van der Waals surface area contributed by atoms with Gasteiger partial charge in [0.25, 0.3) is 11.6 Å². The molecule has 21 nitrogen and oxygen atoms in total. The third-order valence-electron chi connectivity index (χ3n) is 39.2. The second-order valence-corrected chi connectivity index (χ2v) is 48.6. The Morgan fingerprint density at radius 2 is 0.765 bits per heavy atom. The predicted molar refractivity (Wildman–Crippen MR) is 547 cm³/mol. The van der Waals surface area contributed by atoms with Crippen LogP contribution in [0.25, 0.3) is 36.1 Å². The molecule has 0 aromatic heterocycles. The molecule has 0 spiro atoms. The number of carbonyl (C=O) groups is 4. The van der Waals surface area contributed by atoms with Crippen LogP contribution >= 0.6 is 0 Å². The number of hydrogen-bond donors (Lipinski definition) is 5. The van der Waals surface area contributed by atoms with Crippen molar-refractivity contribution < 1.29 is 126 Å². The van der Waals surface area contributed by atoms with Crippen LogP contribution in [0.1, 0.15) is 425 Å². The van der Waals surface area contributed by atoms with E-state index in [4.69, 9.17) is 30.8 Å². The third kappa shape index (κ3) is 30.6. The van der Waals surface area contributed by atoms with Crippen LogP contribution < -0.4 is 10.6 Å². The first-order valence-corrected chi connectivity index (χ1v) is 54.0. The maximum atomic E-state index is 12.6. The van der Waals surface area contributed by atoms with Gasteiger partial charge in [0.2, 0.25) is 0 Å². The van der Waals surface area contributed by atoms with Gasteiger partial charge in [-0.15, -0.1) is 0 Å². The number of aliphatic hydroxyl groups is 1. The Labute approximate surface area is 868 Å². The van der Waals surface area contributed by atoms with Gasteiger partial charge in [-0.05, 0) is 326 Å². The Bertz CT molecular complexity index is 3790. The van der Waals surface area contributed by atoms with Crippen LogP contribution in [-0.4, -0.2) is 127 Å². The summed E-state index contributed by atoms with van der Waals surface area (Å²) < 4.78 is 18.0. The molecule has 136 heavy (non-hydrogen) atoms. The molecule has 11 saturated carbocycles. The van der Waals surface area contributed by atoms with Crippen LogP contribution in [0.5, 0.6) is 0 Å². The van der Waals surface area contributed by atoms with Gasteiger partial charge < -0.3 is 76.2 Å². The number of alkyl carbamates (subject to hydrolysis) is 2. The number of ketones is 3. The minimum atomic E-state index is -1.07. The first-order chi connectivity index (χ1) is 61.2. The van der Waals surface area contributed by atoms with Gasteiger partial charge in [0.1, 0.15) is 12.2 Å². The number of carboxylic acids is 2. The minimum Gasteiger partial charge on any atom is -0.693 e. The number of hydrogen-bond acceptors (Lipinski definition) is 8. The Balaban J connectivity index is 0.000000399. The van der Waals surface area contributed by atoms with Gasteiger partial charge in [0.05, 0.1) is 50.7 Å². The number of aliphatic carboxylic acids is 2. The summed E-state index contributed by atoms with van der Waals surface area (Å²) in [7, 11) is 0. The molecule has 14 aliphatic rings. The Morgan fingerprint density at radius 1 is 0.412 bits per heavy atom. The molecular weight excluding hydrogens is 2250 g/mol. The summed E-state index contributed by atoms with van der Waals surface area (Å²) in [5, 5.41) is 33.3. The van der Waals surface area contributed by atoms with Gasteiger partial charge >= 0.3 is 29.9 Å². The molecule has 2 amide bonds. The number of nitrogens with one attached hydrogen (secondary N) is 4. The Kier molecular flexibility index (Phi) is 52.1. The van der Waals surface area contributed by atoms with Crippen molar-refractivity contribution in [1.29, 1.82) is 0 Å². The van der Waals surface area contributed by atoms with Gasteiger partial charge in [-0.1, -0.05) is 222 Å². The summed E-state index contributed by atoms with van der Waals surface area (Å²) in [4.78, 5) is 77.4. The molecule has 27 atom stereocenters. The van der Waals surface area contributed by atoms with Crippen molar-refractivity contribution in [3.63, 3.8) is 0 Å². The fourth-order valence-electron chi connectivity index (χ4n) is 31.5. The molecule has 796 valence electrons. The second kappa shape index (κ2) is 56.4. The quantitative estimate of drug-likeness (QED) is 0.0169. The molecule has 0 heterocycles. The molecular formula is C112H197N8O13Pt3-3. The summed E-state index contributed by atoms with van der Waals surface area (Å²) in [5.41, 5.74) is 20.7. The number of carboxylic acid groups (broad SMARTS) is 2. The van der Waals surface area contributed by atoms with Crippen LogP contribution in [0.2, 0.25) is 0 Å². The summed E-state index contributed by atoms with van der Waals surface area (Å²) >= 11 is 0. The van der Waals surface area contributed by atoms with Crippen LogP contribution in [0.3, 0.4) is 0 Å². The molecule has 0 aromatic carbocycles. The number of amides is 2. The van der Waals surface area contributed by atoms with E-state index in [1.54, 1.807) is 12.5 Å². The van der Waals surface area contributed by atoms with Gasteiger partial charge in [0, 0.05) is 95.7 Å². The SMILES string of the molecule is CC(C)CCC[C@@H](C)[C@H]1CCC2C3CC=C4C[C@@H](OC(=O)NCCCC(=[OH+])C5(C(=O)O)CCC5)CC[C@]4(C)C3CC[C@@]21C.CC(C)CCC[C@@H](C)[C@H]1CCC2C3CC=C4C[C@@H](OCCCC(=[OH+])CC(C)O)CC[C@]4(C)C3CC[C@@]21C.CC(C)CCC[C@@H](C)[C@H]1CC[C@H]2[C@@H]3CC=C4C[C@@H](OC(=O)NCCCC(=[OH+])CCC(=O)O)CC[C@]4(C)[C@H]3CC[C@]12C.[NH-][C@@H]1CCCC[C@H]1[NH-].[NH2-].[NH2-].[NH2-].[NH2-].[Pt].[Pt].[Pt]. The molecule has 0 bridgehead atoms. The zero-order chi connectivity index (χ0) is 93.6. The first-order valence-electron chi connectivity index (χ1n) is 54.0. The average molecular weight is 2450 g/mol. The molecule has 0 aromatic rings. The van der Waals surface area contributed by atoms with Crippen LogP contribution in [-0.2, 0) is 87.0 Å². The number of ether oxygens (including phenoxy) is 3. The van der Waals surface area contributed by atoms with E-state index in [2.05, 4.69) is 133 Å². The Morgan fingerprint density at radius 3 is 1.10 bits per heavy atom. The smallest absolute Gasteiger partial charge is 0.407 e. The number of aliphatic hydroxyl groups excluding tert-OH is 1. The van der Waals surface area contributed by atoms with E-state index in [1.807, 2.05) is 0 Å². The predicted octanol–water partition coefficient (Wildman–Crippen LogP) is 30.8. The van der Waals surface area contributed by atoms with Gasteiger partial charge in [-0.3, -0.25) is 24.0 Å². The molecule has 18 N–H and O–H groups in total. The number of carbonyl (C=O) groups excluding carboxylic acids is 5. The summed E-state index contributed by atoms with van der Waals surface area (Å²) in [6.45, 7) is 40.7. The monoisotopic (exact) mass is 2450 g/mol. The standard InChI is InChI=1S/C37H59NO5.C35H57NO5.C34H58O3.C6H12N2.4H2N.3Pt/c1-24(2)9-6-10-25(3)29-14-15-30-28-13-12-26-23-27(16-20-35(26,4)31(28)17-21-36(29,30)5)43-34(42)38-22-7-11-32(39)37(33(40)41)18-8-19-37;1-23(2)8-6-9-24(3)29-14-15-30-28-13-11-25-22-27(17-19-34(25,4)31(28)18-20-35(29,30)5)41-33(40)36-21-7-10-26(37)12-16-32(38)39;1-23(2)9-7-10-24(3)30-14-15-31-29-13-12-26-22-28(37-20-8-11-27(36)21-25(4)35)16-18-33(26,5)32(29)17-19-34(30,31)6;7-5-3-1-2-4-6(5)8;;;;;;;/h12,24-25,27-31H,6-11,13-23H2,1-5H3,(H,38,42)(H,40,41);11,23-24,27-31H,6-10,12-22H2,1-5H3,(H,36,40)(H,38,39);12,23-25,28-32,35H,7-11,13-22H2,1-6H3;5-8H,1-4H2;4*1H2;;;/q;;;-2;4*-1;;;/p+3/t25-,27+,28?,29-,30?,31?,35+,36-;24-,27+,28+,29-,30+,31+,34+,35-;24-,25?,28+,29?,30-,31?,32?,33+,34-;5-,6-;;;;;;;/m1111......./s1.